The zero-order valence-electron chi connectivity index (χ0n) is 10.8. The number of rotatable bonds is 6. The summed E-state index contributed by atoms with van der Waals surface area (Å²) in [4.78, 5) is 24.2. The molecule has 8 nitrogen and oxygen atoms in total. The number of sulfonamides is 1. The topological polar surface area (TPSA) is 127 Å². The molecule has 110 valence electrons. The van der Waals surface area contributed by atoms with Gasteiger partial charge in [0.2, 0.25) is 15.9 Å². The molecule has 0 spiro atoms. The highest BCUT2D eigenvalue weighted by atomic mass is 32.2. The summed E-state index contributed by atoms with van der Waals surface area (Å²) in [7, 11) is -2.33. The number of hydrogen-bond donors (Lipinski definition) is 2. The van der Waals surface area contributed by atoms with E-state index >= 15 is 0 Å². The van der Waals surface area contributed by atoms with Crippen LogP contribution < -0.4 is 5.14 Å². The van der Waals surface area contributed by atoms with Crippen LogP contribution in [-0.4, -0.2) is 61.9 Å². The lowest BCUT2D eigenvalue weighted by atomic mass is 10.1. The van der Waals surface area contributed by atoms with Crippen LogP contribution in [0.3, 0.4) is 0 Å². The zero-order valence-corrected chi connectivity index (χ0v) is 11.6. The largest absolute Gasteiger partial charge is 0.480 e. The van der Waals surface area contributed by atoms with Crippen molar-refractivity contribution in [2.45, 2.75) is 25.5 Å². The van der Waals surface area contributed by atoms with Gasteiger partial charge in [-0.05, 0) is 6.92 Å². The molecule has 0 saturated carbocycles. The van der Waals surface area contributed by atoms with Crippen molar-refractivity contribution in [2.75, 3.05) is 19.4 Å². The fourth-order valence-electron chi connectivity index (χ4n) is 2.23. The Bertz CT molecular complexity index is 463. The predicted octanol–water partition coefficient (Wildman–Crippen LogP) is -1.39. The summed E-state index contributed by atoms with van der Waals surface area (Å²) in [6.07, 6.45) is -0.703. The van der Waals surface area contributed by atoms with Crippen LogP contribution in [0.15, 0.2) is 0 Å². The molecular weight excluding hydrogens is 276 g/mol. The van der Waals surface area contributed by atoms with Crippen molar-refractivity contribution >= 4 is 21.9 Å². The van der Waals surface area contributed by atoms with Crippen LogP contribution >= 0.6 is 0 Å². The summed E-state index contributed by atoms with van der Waals surface area (Å²) in [5.41, 5.74) is 0. The molecule has 1 rings (SSSR count). The Kier molecular flexibility index (Phi) is 4.88. The fraction of sp³-hybridized carbons (Fsp3) is 0.800. The fourth-order valence-corrected chi connectivity index (χ4v) is 3.11. The highest BCUT2D eigenvalue weighted by molar-refractivity contribution is 7.89. The van der Waals surface area contributed by atoms with E-state index in [2.05, 4.69) is 0 Å². The lowest BCUT2D eigenvalue weighted by molar-refractivity contribution is -0.153. The number of carbonyl (C=O) groups excluding carboxylic acids is 1. The average Bonchev–Trinajstić information content (AvgIpc) is 2.56. The van der Waals surface area contributed by atoms with Crippen molar-refractivity contribution in [2.24, 2.45) is 11.1 Å². The zero-order chi connectivity index (χ0) is 14.8. The molecule has 0 aromatic rings. The Morgan fingerprint density at radius 2 is 2.21 bits per heavy atom. The minimum absolute atomic E-state index is 0.0172. The standard InChI is InChI=1S/C10H18N2O6S/c1-6(18-2)9(10(14)15)12-4-7(3-8(12)13)5-19(11,16)17/h6-7,9H,3-5H2,1-2H3,(H,14,15)(H2,11,16,17)/t6-,7?,9+/m1/s1. The molecule has 1 aliphatic rings. The number of hydrogen-bond acceptors (Lipinski definition) is 5. The van der Waals surface area contributed by atoms with Gasteiger partial charge < -0.3 is 14.7 Å². The van der Waals surface area contributed by atoms with Gasteiger partial charge in [0.25, 0.3) is 0 Å². The van der Waals surface area contributed by atoms with Crippen LogP contribution in [0.5, 0.6) is 0 Å². The third-order valence-electron chi connectivity index (χ3n) is 3.11. The number of ether oxygens (including phenoxy) is 1. The van der Waals surface area contributed by atoms with Gasteiger partial charge in [-0.1, -0.05) is 0 Å². The number of carboxylic acids is 1. The van der Waals surface area contributed by atoms with Gasteiger partial charge >= 0.3 is 5.97 Å². The van der Waals surface area contributed by atoms with Crippen molar-refractivity contribution in [3.05, 3.63) is 0 Å². The van der Waals surface area contributed by atoms with Crippen molar-refractivity contribution in [1.82, 2.24) is 4.90 Å². The number of amides is 1. The maximum atomic E-state index is 11.8. The van der Waals surface area contributed by atoms with Gasteiger partial charge in [0.05, 0.1) is 11.9 Å². The minimum atomic E-state index is -3.68. The van der Waals surface area contributed by atoms with E-state index in [1.54, 1.807) is 6.92 Å². The van der Waals surface area contributed by atoms with E-state index in [1.165, 1.54) is 7.11 Å². The van der Waals surface area contributed by atoms with Crippen LogP contribution in [0.25, 0.3) is 0 Å². The van der Waals surface area contributed by atoms with Gasteiger partial charge in [-0.25, -0.2) is 18.4 Å². The Labute approximate surface area is 111 Å². The average molecular weight is 294 g/mol. The first-order chi connectivity index (χ1) is 8.65. The van der Waals surface area contributed by atoms with Gasteiger partial charge in [-0.15, -0.1) is 0 Å². The Balaban J connectivity index is 2.84. The van der Waals surface area contributed by atoms with Gasteiger partial charge in [-0.3, -0.25) is 4.79 Å². The van der Waals surface area contributed by atoms with E-state index in [0.29, 0.717) is 0 Å². The Morgan fingerprint density at radius 1 is 1.63 bits per heavy atom. The van der Waals surface area contributed by atoms with E-state index < -0.39 is 40.0 Å². The Morgan fingerprint density at radius 3 is 2.63 bits per heavy atom. The lowest BCUT2D eigenvalue weighted by Gasteiger charge is -2.28. The molecule has 0 aliphatic carbocycles. The van der Waals surface area contributed by atoms with Crippen LogP contribution in [0.4, 0.5) is 0 Å². The van der Waals surface area contributed by atoms with Crippen LogP contribution in [0, 0.1) is 5.92 Å². The number of aliphatic carboxylic acids is 1. The molecule has 1 heterocycles. The van der Waals surface area contributed by atoms with Crippen molar-refractivity contribution < 1.29 is 27.9 Å². The summed E-state index contributed by atoms with van der Waals surface area (Å²) in [5.74, 6) is -2.39. The molecule has 9 heteroatoms. The smallest absolute Gasteiger partial charge is 0.329 e. The molecule has 1 fully saturated rings. The normalized spacial score (nSPS) is 23.4. The van der Waals surface area contributed by atoms with E-state index in [1.807, 2.05) is 0 Å². The summed E-state index contributed by atoms with van der Waals surface area (Å²) in [6, 6.07) is -1.12. The Hall–Kier alpha value is -1.19. The first-order valence-corrected chi connectivity index (χ1v) is 7.42. The summed E-state index contributed by atoms with van der Waals surface area (Å²) < 4.78 is 27.0. The molecular formula is C10H18N2O6S. The molecule has 1 aliphatic heterocycles. The van der Waals surface area contributed by atoms with Gasteiger partial charge in [0.1, 0.15) is 0 Å². The van der Waals surface area contributed by atoms with Crippen LogP contribution in [-0.2, 0) is 24.3 Å². The monoisotopic (exact) mass is 294 g/mol. The second-order valence-corrected chi connectivity index (χ2v) is 6.33. The summed E-state index contributed by atoms with van der Waals surface area (Å²) >= 11 is 0. The highest BCUT2D eigenvalue weighted by Gasteiger charge is 2.41. The highest BCUT2D eigenvalue weighted by Crippen LogP contribution is 2.23. The van der Waals surface area contributed by atoms with Gasteiger partial charge in [-0.2, -0.15) is 0 Å². The summed E-state index contributed by atoms with van der Waals surface area (Å²) in [5, 5.41) is 14.1. The molecule has 1 saturated heterocycles. The second-order valence-electron chi connectivity index (χ2n) is 4.67. The van der Waals surface area contributed by atoms with Crippen molar-refractivity contribution in [1.29, 1.82) is 0 Å². The van der Waals surface area contributed by atoms with E-state index in [9.17, 15) is 18.0 Å². The van der Waals surface area contributed by atoms with Crippen molar-refractivity contribution in [3.8, 4) is 0 Å². The second kappa shape index (κ2) is 5.85. The first-order valence-electron chi connectivity index (χ1n) is 5.71. The van der Waals surface area contributed by atoms with E-state index in [4.69, 9.17) is 15.0 Å². The maximum absolute atomic E-state index is 11.8. The molecule has 0 radical (unpaired) electrons. The lowest BCUT2D eigenvalue weighted by Crippen LogP contribution is -2.49. The first kappa shape index (κ1) is 15.9. The van der Waals surface area contributed by atoms with Gasteiger partial charge in [0, 0.05) is 26.0 Å². The maximum Gasteiger partial charge on any atom is 0.329 e. The SMILES string of the molecule is CO[C@H](C)[C@@H](C(=O)O)N1CC(CS(N)(=O)=O)CC1=O. The number of likely N-dealkylation sites (tertiary alicyclic amines) is 1. The number of carboxylic acid groups (broad SMARTS) is 1. The van der Waals surface area contributed by atoms with Crippen molar-refractivity contribution in [3.63, 3.8) is 0 Å². The third kappa shape index (κ3) is 4.15. The molecule has 3 atom stereocenters. The molecule has 19 heavy (non-hydrogen) atoms. The molecule has 1 amide bonds. The molecule has 1 unspecified atom stereocenters. The third-order valence-corrected chi connectivity index (χ3v) is 4.05. The number of nitrogens with zero attached hydrogens (tertiary/aromatic N) is 1. The van der Waals surface area contributed by atoms with Crippen LogP contribution in [0.2, 0.25) is 0 Å². The van der Waals surface area contributed by atoms with Crippen LogP contribution in [0.1, 0.15) is 13.3 Å². The number of methoxy groups -OCH3 is 1. The summed E-state index contributed by atoms with van der Waals surface area (Å²) in [6.45, 7) is 1.60. The number of carbonyl (C=O) groups is 2. The minimum Gasteiger partial charge on any atom is -0.480 e. The van der Waals surface area contributed by atoms with E-state index in [0.717, 1.165) is 4.90 Å². The molecule has 0 bridgehead atoms. The molecule has 0 aromatic heterocycles. The molecule has 3 N–H and O–H groups in total. The number of nitrogens with two attached hydrogens (primary N) is 1. The quantitative estimate of drug-likeness (QED) is 0.621. The van der Waals surface area contributed by atoms with E-state index in [-0.39, 0.29) is 18.7 Å². The van der Waals surface area contributed by atoms with Gasteiger partial charge in [0.15, 0.2) is 6.04 Å². The molecule has 0 aromatic carbocycles. The number of primary sulfonamides is 1. The predicted molar refractivity (Wildman–Crippen MR) is 65.7 cm³/mol.